The largest absolute Gasteiger partial charge is 0.477 e. The third kappa shape index (κ3) is 1.95. The summed E-state index contributed by atoms with van der Waals surface area (Å²) in [5, 5.41) is 13.8. The summed E-state index contributed by atoms with van der Waals surface area (Å²) in [6.07, 6.45) is 1.77. The number of thioether (sulfide) groups is 1. The van der Waals surface area contributed by atoms with E-state index in [0.717, 1.165) is 11.3 Å². The normalized spacial score (nSPS) is 10.6. The number of anilines is 1. The van der Waals surface area contributed by atoms with Gasteiger partial charge in [-0.1, -0.05) is 18.2 Å². The van der Waals surface area contributed by atoms with Crippen molar-refractivity contribution in [3.63, 3.8) is 0 Å². The first-order chi connectivity index (χ1) is 8.56. The molecule has 6 heteroatoms. The Morgan fingerprint density at radius 3 is 2.61 bits per heavy atom. The van der Waals surface area contributed by atoms with E-state index < -0.39 is 5.97 Å². The van der Waals surface area contributed by atoms with Crippen LogP contribution in [-0.2, 0) is 0 Å². The van der Waals surface area contributed by atoms with Gasteiger partial charge >= 0.3 is 5.97 Å². The van der Waals surface area contributed by atoms with Crippen molar-refractivity contribution in [2.24, 2.45) is 0 Å². The van der Waals surface area contributed by atoms with Crippen LogP contribution in [0.15, 0.2) is 29.3 Å². The number of nitrogens with two attached hydrogens (primary N) is 1. The van der Waals surface area contributed by atoms with E-state index in [1.165, 1.54) is 16.4 Å². The molecule has 0 bridgehead atoms. The van der Waals surface area contributed by atoms with Crippen molar-refractivity contribution in [1.82, 2.24) is 9.78 Å². The minimum atomic E-state index is -1.06. The Morgan fingerprint density at radius 2 is 2.11 bits per heavy atom. The van der Waals surface area contributed by atoms with Crippen LogP contribution in [0.4, 0.5) is 5.82 Å². The number of carboxylic acid groups (broad SMARTS) is 1. The molecule has 0 fully saturated rings. The summed E-state index contributed by atoms with van der Waals surface area (Å²) in [6.45, 7) is 1.93. The Bertz CT molecular complexity index is 607. The van der Waals surface area contributed by atoms with Gasteiger partial charge in [-0.15, -0.1) is 11.8 Å². The van der Waals surface area contributed by atoms with Gasteiger partial charge < -0.3 is 10.8 Å². The quantitative estimate of drug-likeness (QED) is 0.829. The molecule has 1 heterocycles. The third-order valence-electron chi connectivity index (χ3n) is 2.64. The first-order valence-corrected chi connectivity index (χ1v) is 6.50. The van der Waals surface area contributed by atoms with Crippen LogP contribution in [-0.4, -0.2) is 27.1 Å². The molecular weight excluding hydrogens is 250 g/mol. The number of aryl methyl sites for hydroxylation is 1. The standard InChI is InChI=1S/C12H13N3O2S/c1-7-5-3-4-6-8(7)15-10(13)9(12(16)17)11(14-15)18-2/h3-6H,13H2,1-2H3,(H,16,17). The molecule has 0 unspecified atom stereocenters. The highest BCUT2D eigenvalue weighted by molar-refractivity contribution is 7.98. The number of aromatic nitrogens is 2. The van der Waals surface area contributed by atoms with Crippen molar-refractivity contribution in [3.05, 3.63) is 35.4 Å². The zero-order chi connectivity index (χ0) is 13.3. The second-order valence-electron chi connectivity index (χ2n) is 3.77. The lowest BCUT2D eigenvalue weighted by Gasteiger charge is -2.07. The average molecular weight is 263 g/mol. The number of carbonyl (C=O) groups is 1. The van der Waals surface area contributed by atoms with E-state index in [1.807, 2.05) is 31.2 Å². The van der Waals surface area contributed by atoms with Crippen molar-refractivity contribution in [1.29, 1.82) is 0 Å². The summed E-state index contributed by atoms with van der Waals surface area (Å²) in [5.41, 5.74) is 7.72. The van der Waals surface area contributed by atoms with E-state index in [4.69, 9.17) is 10.8 Å². The number of nitrogen functional groups attached to an aromatic ring is 1. The number of hydrogen-bond donors (Lipinski definition) is 2. The third-order valence-corrected chi connectivity index (χ3v) is 3.31. The van der Waals surface area contributed by atoms with Crippen LogP contribution in [0.3, 0.4) is 0 Å². The van der Waals surface area contributed by atoms with Crippen LogP contribution in [0, 0.1) is 6.92 Å². The van der Waals surface area contributed by atoms with E-state index in [2.05, 4.69) is 5.10 Å². The number of aromatic carboxylic acids is 1. The van der Waals surface area contributed by atoms with Crippen LogP contribution in [0.25, 0.3) is 5.69 Å². The molecule has 0 atom stereocenters. The fraction of sp³-hybridized carbons (Fsp3) is 0.167. The highest BCUT2D eigenvalue weighted by atomic mass is 32.2. The molecule has 1 aromatic carbocycles. The van der Waals surface area contributed by atoms with Crippen molar-refractivity contribution in [2.75, 3.05) is 12.0 Å². The molecule has 1 aromatic heterocycles. The minimum Gasteiger partial charge on any atom is -0.477 e. The summed E-state index contributed by atoms with van der Waals surface area (Å²) in [5.74, 6) is -0.905. The van der Waals surface area contributed by atoms with E-state index in [9.17, 15) is 4.79 Å². The topological polar surface area (TPSA) is 81.1 Å². The molecule has 0 spiro atoms. The van der Waals surface area contributed by atoms with Crippen LogP contribution in [0.5, 0.6) is 0 Å². The molecule has 94 valence electrons. The van der Waals surface area contributed by atoms with Gasteiger partial charge in [-0.25, -0.2) is 9.48 Å². The molecule has 3 N–H and O–H groups in total. The maximum Gasteiger partial charge on any atom is 0.342 e. The highest BCUT2D eigenvalue weighted by Gasteiger charge is 2.22. The molecule has 18 heavy (non-hydrogen) atoms. The Balaban J connectivity index is 2.67. The van der Waals surface area contributed by atoms with Gasteiger partial charge in [-0.3, -0.25) is 0 Å². The molecule has 0 amide bonds. The zero-order valence-electron chi connectivity index (χ0n) is 10.0. The molecule has 2 rings (SSSR count). The average Bonchev–Trinajstić information content (AvgIpc) is 2.67. The molecule has 0 aliphatic heterocycles. The zero-order valence-corrected chi connectivity index (χ0v) is 10.9. The van der Waals surface area contributed by atoms with Crippen LogP contribution in [0.2, 0.25) is 0 Å². The Kier molecular flexibility index (Phi) is 3.29. The summed E-state index contributed by atoms with van der Waals surface area (Å²) in [7, 11) is 0. The predicted octanol–water partition coefficient (Wildman–Crippen LogP) is 2.18. The van der Waals surface area contributed by atoms with Gasteiger partial charge in [0.1, 0.15) is 16.4 Å². The number of benzene rings is 1. The molecule has 0 aliphatic rings. The fourth-order valence-corrected chi connectivity index (χ4v) is 2.30. The lowest BCUT2D eigenvalue weighted by molar-refractivity contribution is 0.0694. The van der Waals surface area contributed by atoms with Gasteiger partial charge in [0.15, 0.2) is 0 Å². The monoisotopic (exact) mass is 263 g/mol. The van der Waals surface area contributed by atoms with Crippen molar-refractivity contribution < 1.29 is 9.90 Å². The fourth-order valence-electron chi connectivity index (χ4n) is 1.74. The van der Waals surface area contributed by atoms with E-state index in [-0.39, 0.29) is 11.4 Å². The molecule has 0 radical (unpaired) electrons. The van der Waals surface area contributed by atoms with Crippen LogP contribution < -0.4 is 5.73 Å². The Morgan fingerprint density at radius 1 is 1.44 bits per heavy atom. The van der Waals surface area contributed by atoms with Crippen LogP contribution >= 0.6 is 11.8 Å². The van der Waals surface area contributed by atoms with Crippen molar-refractivity contribution in [2.45, 2.75) is 11.9 Å². The lowest BCUT2D eigenvalue weighted by Crippen LogP contribution is -2.06. The molecule has 0 saturated heterocycles. The summed E-state index contributed by atoms with van der Waals surface area (Å²) >= 11 is 1.27. The Hall–Kier alpha value is -1.95. The minimum absolute atomic E-state index is 0.0609. The number of carboxylic acids is 1. The molecular formula is C12H13N3O2S. The first kappa shape index (κ1) is 12.5. The lowest BCUT2D eigenvalue weighted by atomic mass is 10.2. The van der Waals surface area contributed by atoms with Gasteiger partial charge in [-0.2, -0.15) is 5.10 Å². The van der Waals surface area contributed by atoms with Gasteiger partial charge in [0, 0.05) is 0 Å². The van der Waals surface area contributed by atoms with E-state index >= 15 is 0 Å². The SMILES string of the molecule is CSc1nn(-c2ccccc2C)c(N)c1C(=O)O. The second-order valence-corrected chi connectivity index (χ2v) is 4.57. The van der Waals surface area contributed by atoms with Crippen molar-refractivity contribution in [3.8, 4) is 5.69 Å². The molecule has 2 aromatic rings. The van der Waals surface area contributed by atoms with Crippen molar-refractivity contribution >= 4 is 23.5 Å². The summed E-state index contributed by atoms with van der Waals surface area (Å²) in [6, 6.07) is 7.55. The number of rotatable bonds is 3. The Labute approximate surface area is 109 Å². The van der Waals surface area contributed by atoms with Gasteiger partial charge in [0.2, 0.25) is 0 Å². The van der Waals surface area contributed by atoms with Gasteiger partial charge in [0.25, 0.3) is 0 Å². The van der Waals surface area contributed by atoms with Gasteiger partial charge in [-0.05, 0) is 24.8 Å². The number of para-hydroxylation sites is 1. The predicted molar refractivity (Wildman–Crippen MR) is 71.5 cm³/mol. The van der Waals surface area contributed by atoms with Gasteiger partial charge in [0.05, 0.1) is 5.69 Å². The number of nitrogens with zero attached hydrogens (tertiary/aromatic N) is 2. The number of hydrogen-bond acceptors (Lipinski definition) is 4. The smallest absolute Gasteiger partial charge is 0.342 e. The maximum absolute atomic E-state index is 11.2. The molecule has 0 saturated carbocycles. The van der Waals surface area contributed by atoms with Crippen LogP contribution in [0.1, 0.15) is 15.9 Å². The second kappa shape index (κ2) is 4.73. The molecule has 0 aliphatic carbocycles. The van der Waals surface area contributed by atoms with E-state index in [1.54, 1.807) is 6.26 Å². The highest BCUT2D eigenvalue weighted by Crippen LogP contribution is 2.28. The van der Waals surface area contributed by atoms with E-state index in [0.29, 0.717) is 5.03 Å². The summed E-state index contributed by atoms with van der Waals surface area (Å²) in [4.78, 5) is 11.2. The maximum atomic E-state index is 11.2. The first-order valence-electron chi connectivity index (χ1n) is 5.28. The molecule has 5 nitrogen and oxygen atoms in total. The summed E-state index contributed by atoms with van der Waals surface area (Å²) < 4.78 is 1.48.